The fourth-order valence-corrected chi connectivity index (χ4v) is 3.44. The Hall–Kier alpha value is -2.14. The van der Waals surface area contributed by atoms with E-state index >= 15 is 0 Å². The lowest BCUT2D eigenvalue weighted by Gasteiger charge is -2.15. The second-order valence-corrected chi connectivity index (χ2v) is 6.81. The molecule has 2 rings (SSSR count). The van der Waals surface area contributed by atoms with Gasteiger partial charge in [-0.1, -0.05) is 30.3 Å². The average molecular weight is 359 g/mol. The number of ether oxygens (including phenoxy) is 2. The Morgan fingerprint density at radius 1 is 1.12 bits per heavy atom. The van der Waals surface area contributed by atoms with E-state index in [1.165, 1.54) is 0 Å². The van der Waals surface area contributed by atoms with Crippen LogP contribution in [-0.2, 0) is 10.5 Å². The van der Waals surface area contributed by atoms with Crippen molar-refractivity contribution in [3.05, 3.63) is 59.2 Å². The van der Waals surface area contributed by atoms with E-state index in [9.17, 15) is 4.79 Å². The van der Waals surface area contributed by atoms with E-state index in [1.807, 2.05) is 56.3 Å². The summed E-state index contributed by atoms with van der Waals surface area (Å²) in [4.78, 5) is 12.1. The van der Waals surface area contributed by atoms with Gasteiger partial charge in [-0.15, -0.1) is 11.8 Å². The first kappa shape index (κ1) is 19.2. The molecular weight excluding hydrogens is 334 g/mol. The summed E-state index contributed by atoms with van der Waals surface area (Å²) in [6, 6.07) is 13.9. The molecule has 0 unspecified atom stereocenters. The number of methoxy groups -OCH3 is 2. The molecule has 2 aromatic rings. The fourth-order valence-electron chi connectivity index (χ4n) is 2.54. The van der Waals surface area contributed by atoms with E-state index in [1.54, 1.807) is 26.0 Å². The van der Waals surface area contributed by atoms with Crippen molar-refractivity contribution >= 4 is 17.7 Å². The predicted octanol–water partition coefficient (Wildman–Crippen LogP) is 4.12. The van der Waals surface area contributed by atoms with Crippen molar-refractivity contribution in [3.8, 4) is 11.5 Å². The smallest absolute Gasteiger partial charge is 0.230 e. The summed E-state index contributed by atoms with van der Waals surface area (Å²) in [5.74, 6) is 2.65. The molecular formula is C20H25NO3S. The molecule has 25 heavy (non-hydrogen) atoms. The van der Waals surface area contributed by atoms with E-state index in [0.717, 1.165) is 28.2 Å². The molecule has 1 amide bonds. The molecule has 0 spiro atoms. The van der Waals surface area contributed by atoms with E-state index < -0.39 is 0 Å². The van der Waals surface area contributed by atoms with E-state index in [4.69, 9.17) is 9.47 Å². The summed E-state index contributed by atoms with van der Waals surface area (Å²) in [5.41, 5.74) is 3.38. The van der Waals surface area contributed by atoms with Gasteiger partial charge in [-0.25, -0.2) is 0 Å². The van der Waals surface area contributed by atoms with Gasteiger partial charge >= 0.3 is 0 Å². The largest absolute Gasteiger partial charge is 0.493 e. The van der Waals surface area contributed by atoms with Gasteiger partial charge in [-0.2, -0.15) is 0 Å². The third-order valence-corrected chi connectivity index (χ3v) is 4.99. The van der Waals surface area contributed by atoms with Crippen molar-refractivity contribution < 1.29 is 14.3 Å². The predicted molar refractivity (Wildman–Crippen MR) is 103 cm³/mol. The maximum Gasteiger partial charge on any atom is 0.230 e. The minimum Gasteiger partial charge on any atom is -0.493 e. The SMILES string of the molecule is COc1cc(C)c(CSCC(=O)N[C@H](C)c2ccccc2)cc1OC. The molecule has 0 radical (unpaired) electrons. The van der Waals surface area contributed by atoms with Crippen LogP contribution in [0.25, 0.3) is 0 Å². The first-order valence-electron chi connectivity index (χ1n) is 8.18. The molecule has 5 heteroatoms. The molecule has 4 nitrogen and oxygen atoms in total. The molecule has 0 aliphatic rings. The monoisotopic (exact) mass is 359 g/mol. The number of carbonyl (C=O) groups excluding carboxylic acids is 1. The normalized spacial score (nSPS) is 11.7. The van der Waals surface area contributed by atoms with Crippen molar-refractivity contribution in [3.63, 3.8) is 0 Å². The van der Waals surface area contributed by atoms with Gasteiger partial charge in [-0.3, -0.25) is 4.79 Å². The van der Waals surface area contributed by atoms with Gasteiger partial charge in [0, 0.05) is 5.75 Å². The van der Waals surface area contributed by atoms with Crippen molar-refractivity contribution in [1.29, 1.82) is 0 Å². The van der Waals surface area contributed by atoms with Crippen molar-refractivity contribution in [2.45, 2.75) is 25.6 Å². The molecule has 0 saturated carbocycles. The van der Waals surface area contributed by atoms with Crippen LogP contribution in [0.2, 0.25) is 0 Å². The lowest BCUT2D eigenvalue weighted by molar-refractivity contribution is -0.119. The van der Waals surface area contributed by atoms with Crippen LogP contribution in [0.3, 0.4) is 0 Å². The van der Waals surface area contributed by atoms with Crippen LogP contribution in [0, 0.1) is 6.92 Å². The number of amides is 1. The zero-order valence-corrected chi connectivity index (χ0v) is 16.0. The molecule has 0 saturated heterocycles. The molecule has 134 valence electrons. The quantitative estimate of drug-likeness (QED) is 0.770. The molecule has 0 fully saturated rings. The summed E-state index contributed by atoms with van der Waals surface area (Å²) in [7, 11) is 3.26. The summed E-state index contributed by atoms with van der Waals surface area (Å²) in [6.07, 6.45) is 0. The van der Waals surface area contributed by atoms with Crippen LogP contribution in [0.1, 0.15) is 29.7 Å². The highest BCUT2D eigenvalue weighted by Crippen LogP contribution is 2.31. The third-order valence-electron chi connectivity index (χ3n) is 4.01. The maximum absolute atomic E-state index is 12.1. The number of aryl methyl sites for hydroxylation is 1. The molecule has 0 bridgehead atoms. The number of thioether (sulfide) groups is 1. The second kappa shape index (κ2) is 9.37. The van der Waals surface area contributed by atoms with Gasteiger partial charge in [0.25, 0.3) is 0 Å². The molecule has 1 atom stereocenters. The Kier molecular flexibility index (Phi) is 7.19. The standard InChI is InChI=1S/C20H25NO3S/c1-14-10-18(23-3)19(24-4)11-17(14)12-25-13-20(22)21-15(2)16-8-6-5-7-9-16/h5-11,15H,12-13H2,1-4H3,(H,21,22)/t15-/m1/s1. The van der Waals surface area contributed by atoms with Crippen molar-refractivity contribution in [2.24, 2.45) is 0 Å². The Bertz CT molecular complexity index is 704. The van der Waals surface area contributed by atoms with Gasteiger partial charge in [0.15, 0.2) is 11.5 Å². The van der Waals surface area contributed by atoms with Gasteiger partial charge < -0.3 is 14.8 Å². The molecule has 0 aliphatic carbocycles. The zero-order valence-electron chi connectivity index (χ0n) is 15.2. The highest BCUT2D eigenvalue weighted by atomic mass is 32.2. The Morgan fingerprint density at radius 3 is 2.40 bits per heavy atom. The van der Waals surface area contributed by atoms with Crippen LogP contribution in [0.4, 0.5) is 0 Å². The van der Waals surface area contributed by atoms with Gasteiger partial charge in [0.05, 0.1) is 26.0 Å². The zero-order chi connectivity index (χ0) is 18.2. The summed E-state index contributed by atoms with van der Waals surface area (Å²) >= 11 is 1.59. The number of hydrogen-bond acceptors (Lipinski definition) is 4. The van der Waals surface area contributed by atoms with E-state index in [0.29, 0.717) is 11.5 Å². The number of rotatable bonds is 8. The van der Waals surface area contributed by atoms with Crippen LogP contribution in [0.5, 0.6) is 11.5 Å². The van der Waals surface area contributed by atoms with Gasteiger partial charge in [0.2, 0.25) is 5.91 Å². The molecule has 0 aromatic heterocycles. The first-order chi connectivity index (χ1) is 12.0. The number of benzene rings is 2. The number of carbonyl (C=O) groups is 1. The van der Waals surface area contributed by atoms with Gasteiger partial charge in [-0.05, 0) is 42.7 Å². The first-order valence-corrected chi connectivity index (χ1v) is 9.34. The van der Waals surface area contributed by atoms with Gasteiger partial charge in [0.1, 0.15) is 0 Å². The lowest BCUT2D eigenvalue weighted by atomic mass is 10.1. The third kappa shape index (κ3) is 5.43. The van der Waals surface area contributed by atoms with E-state index in [-0.39, 0.29) is 11.9 Å². The van der Waals surface area contributed by atoms with Crippen molar-refractivity contribution in [2.75, 3.05) is 20.0 Å². The average Bonchev–Trinajstić information content (AvgIpc) is 2.63. The van der Waals surface area contributed by atoms with Crippen LogP contribution in [-0.4, -0.2) is 25.9 Å². The highest BCUT2D eigenvalue weighted by Gasteiger charge is 2.11. The lowest BCUT2D eigenvalue weighted by Crippen LogP contribution is -2.28. The maximum atomic E-state index is 12.1. The highest BCUT2D eigenvalue weighted by molar-refractivity contribution is 7.99. The molecule has 1 N–H and O–H groups in total. The number of nitrogens with one attached hydrogen (secondary N) is 1. The van der Waals surface area contributed by atoms with Crippen LogP contribution >= 0.6 is 11.8 Å². The Morgan fingerprint density at radius 2 is 1.76 bits per heavy atom. The fraction of sp³-hybridized carbons (Fsp3) is 0.350. The van der Waals surface area contributed by atoms with E-state index in [2.05, 4.69) is 5.32 Å². The molecule has 0 aliphatic heterocycles. The molecule has 2 aromatic carbocycles. The van der Waals surface area contributed by atoms with Crippen molar-refractivity contribution in [1.82, 2.24) is 5.32 Å². The minimum absolute atomic E-state index is 0.0112. The molecule has 0 heterocycles. The minimum atomic E-state index is 0.0112. The van der Waals surface area contributed by atoms with Crippen LogP contribution < -0.4 is 14.8 Å². The summed E-state index contributed by atoms with van der Waals surface area (Å²) in [5, 5.41) is 3.03. The summed E-state index contributed by atoms with van der Waals surface area (Å²) in [6.45, 7) is 4.03. The second-order valence-electron chi connectivity index (χ2n) is 5.83. The number of hydrogen-bond donors (Lipinski definition) is 1. The van der Waals surface area contributed by atoms with Crippen LogP contribution in [0.15, 0.2) is 42.5 Å². The summed E-state index contributed by atoms with van der Waals surface area (Å²) < 4.78 is 10.7. The Labute approximate surface area is 153 Å². The Balaban J connectivity index is 1.87. The topological polar surface area (TPSA) is 47.6 Å².